The van der Waals surface area contributed by atoms with Crippen LogP contribution in [0.2, 0.25) is 0 Å². The molecule has 0 bridgehead atoms. The highest BCUT2D eigenvalue weighted by Gasteiger charge is 1.88. The van der Waals surface area contributed by atoms with Gasteiger partial charge in [0.2, 0.25) is 0 Å². The molecule has 0 heterocycles. The van der Waals surface area contributed by atoms with Crippen LogP contribution in [0.15, 0.2) is 12.2 Å². The second-order valence-electron chi connectivity index (χ2n) is 3.10. The van der Waals surface area contributed by atoms with Gasteiger partial charge in [0.05, 0.1) is 0 Å². The molecule has 2 heteroatoms. The molecule has 0 radical (unpaired) electrons. The Labute approximate surface area is 76.0 Å². The molecule has 0 amide bonds. The number of ether oxygens (including phenoxy) is 1. The lowest BCUT2D eigenvalue weighted by molar-refractivity contribution is 0.132. The van der Waals surface area contributed by atoms with Gasteiger partial charge >= 0.3 is 0 Å². The Hall–Kier alpha value is -0.340. The maximum atomic E-state index is 5.33. The van der Waals surface area contributed by atoms with Crippen molar-refractivity contribution < 1.29 is 4.74 Å². The summed E-state index contributed by atoms with van der Waals surface area (Å²) in [5, 5.41) is 3.28. The summed E-state index contributed by atoms with van der Waals surface area (Å²) < 4.78 is 5.33. The van der Waals surface area contributed by atoms with E-state index in [2.05, 4.69) is 18.8 Å². The highest BCUT2D eigenvalue weighted by Crippen LogP contribution is 1.85. The minimum absolute atomic E-state index is 0.872. The van der Waals surface area contributed by atoms with Gasteiger partial charge in [0.15, 0.2) is 0 Å². The van der Waals surface area contributed by atoms with Crippen molar-refractivity contribution in [1.29, 1.82) is 0 Å². The molecular weight excluding hydrogens is 150 g/mol. The molecule has 0 aliphatic carbocycles. The fraction of sp³-hybridized carbons (Fsp3) is 0.800. The highest BCUT2D eigenvalue weighted by atomic mass is 16.5. The van der Waals surface area contributed by atoms with Crippen molar-refractivity contribution in [1.82, 2.24) is 5.32 Å². The first-order chi connectivity index (χ1) is 5.77. The molecule has 0 saturated heterocycles. The van der Waals surface area contributed by atoms with Crippen LogP contribution in [0.3, 0.4) is 0 Å². The molecule has 0 spiro atoms. The first-order valence-electron chi connectivity index (χ1n) is 4.70. The molecule has 0 saturated carbocycles. The van der Waals surface area contributed by atoms with Crippen molar-refractivity contribution in [2.45, 2.75) is 26.7 Å². The zero-order valence-corrected chi connectivity index (χ0v) is 8.36. The minimum Gasteiger partial charge on any atom is -0.381 e. The van der Waals surface area contributed by atoms with Gasteiger partial charge in [-0.3, -0.25) is 0 Å². The third kappa shape index (κ3) is 9.66. The van der Waals surface area contributed by atoms with E-state index in [1.807, 2.05) is 6.92 Å². The van der Waals surface area contributed by atoms with E-state index < -0.39 is 0 Å². The number of hydrogen-bond acceptors (Lipinski definition) is 2. The van der Waals surface area contributed by atoms with E-state index in [0.29, 0.717) is 0 Å². The van der Waals surface area contributed by atoms with E-state index in [0.717, 1.165) is 39.1 Å². The Kier molecular flexibility index (Phi) is 8.51. The van der Waals surface area contributed by atoms with Crippen molar-refractivity contribution in [3.05, 3.63) is 12.2 Å². The summed E-state index contributed by atoms with van der Waals surface area (Å²) in [4.78, 5) is 0. The average molecular weight is 171 g/mol. The first-order valence-corrected chi connectivity index (χ1v) is 4.70. The lowest BCUT2D eigenvalue weighted by Crippen LogP contribution is -2.18. The van der Waals surface area contributed by atoms with Crippen molar-refractivity contribution in [2.75, 3.05) is 26.3 Å². The molecule has 1 N–H and O–H groups in total. The number of hydrogen-bond donors (Lipinski definition) is 1. The summed E-state index contributed by atoms with van der Waals surface area (Å²) in [5.41, 5.74) is 1.18. The lowest BCUT2D eigenvalue weighted by atomic mass is 10.3. The van der Waals surface area contributed by atoms with Gasteiger partial charge in [0, 0.05) is 19.8 Å². The Balaban J connectivity index is 2.86. The largest absolute Gasteiger partial charge is 0.381 e. The standard InChI is InChI=1S/C10H21NO/c1-4-7-12-8-5-6-11-9-10(2)3/h11H,2,4-9H2,1,3H3. The van der Waals surface area contributed by atoms with E-state index in [9.17, 15) is 0 Å². The molecule has 0 rings (SSSR count). The van der Waals surface area contributed by atoms with Gasteiger partial charge in [-0.05, 0) is 26.3 Å². The van der Waals surface area contributed by atoms with Gasteiger partial charge in [-0.2, -0.15) is 0 Å². The van der Waals surface area contributed by atoms with Crippen LogP contribution < -0.4 is 5.32 Å². The molecule has 0 atom stereocenters. The average Bonchev–Trinajstić information content (AvgIpc) is 2.02. The summed E-state index contributed by atoms with van der Waals surface area (Å²) in [6.45, 7) is 11.7. The first kappa shape index (κ1) is 11.7. The van der Waals surface area contributed by atoms with Crippen LogP contribution in [-0.2, 0) is 4.74 Å². The van der Waals surface area contributed by atoms with Crippen LogP contribution >= 0.6 is 0 Å². The molecule has 0 fully saturated rings. The predicted molar refractivity (Wildman–Crippen MR) is 53.4 cm³/mol. The van der Waals surface area contributed by atoms with Gasteiger partial charge in [0.25, 0.3) is 0 Å². The molecule has 0 aliphatic heterocycles. The Morgan fingerprint density at radius 3 is 2.75 bits per heavy atom. The van der Waals surface area contributed by atoms with Crippen LogP contribution in [0.4, 0.5) is 0 Å². The third-order valence-corrected chi connectivity index (χ3v) is 1.42. The van der Waals surface area contributed by atoms with Crippen molar-refractivity contribution in [3.8, 4) is 0 Å². The molecule has 72 valence electrons. The van der Waals surface area contributed by atoms with E-state index in [1.165, 1.54) is 5.57 Å². The quantitative estimate of drug-likeness (QED) is 0.445. The fourth-order valence-electron chi connectivity index (χ4n) is 0.847. The Morgan fingerprint density at radius 1 is 1.42 bits per heavy atom. The number of nitrogens with one attached hydrogen (secondary N) is 1. The van der Waals surface area contributed by atoms with E-state index in [1.54, 1.807) is 0 Å². The van der Waals surface area contributed by atoms with Gasteiger partial charge in [0.1, 0.15) is 0 Å². The molecule has 2 nitrogen and oxygen atoms in total. The van der Waals surface area contributed by atoms with Crippen molar-refractivity contribution in [2.24, 2.45) is 0 Å². The topological polar surface area (TPSA) is 21.3 Å². The molecule has 0 aliphatic rings. The summed E-state index contributed by atoms with van der Waals surface area (Å²) in [6, 6.07) is 0. The second-order valence-corrected chi connectivity index (χ2v) is 3.10. The zero-order valence-electron chi connectivity index (χ0n) is 8.36. The maximum absolute atomic E-state index is 5.33. The van der Waals surface area contributed by atoms with Crippen LogP contribution in [0, 0.1) is 0 Å². The molecule has 0 unspecified atom stereocenters. The SMILES string of the molecule is C=C(C)CNCCCOCCC. The molecule has 0 aromatic heterocycles. The van der Waals surface area contributed by atoms with E-state index in [-0.39, 0.29) is 0 Å². The maximum Gasteiger partial charge on any atom is 0.0478 e. The summed E-state index contributed by atoms with van der Waals surface area (Å²) in [5.74, 6) is 0. The van der Waals surface area contributed by atoms with Gasteiger partial charge in [-0.25, -0.2) is 0 Å². The minimum atomic E-state index is 0.872. The molecule has 12 heavy (non-hydrogen) atoms. The Morgan fingerprint density at radius 2 is 2.17 bits per heavy atom. The normalized spacial score (nSPS) is 10.2. The second kappa shape index (κ2) is 8.75. The molecular formula is C10H21NO. The molecule has 0 aromatic rings. The fourth-order valence-corrected chi connectivity index (χ4v) is 0.847. The third-order valence-electron chi connectivity index (χ3n) is 1.42. The van der Waals surface area contributed by atoms with Crippen LogP contribution in [0.1, 0.15) is 26.7 Å². The van der Waals surface area contributed by atoms with Gasteiger partial charge in [-0.15, -0.1) is 0 Å². The van der Waals surface area contributed by atoms with E-state index >= 15 is 0 Å². The molecule has 0 aromatic carbocycles. The van der Waals surface area contributed by atoms with Crippen LogP contribution in [-0.4, -0.2) is 26.3 Å². The lowest BCUT2D eigenvalue weighted by Gasteiger charge is -2.04. The van der Waals surface area contributed by atoms with Crippen LogP contribution in [0.5, 0.6) is 0 Å². The summed E-state index contributed by atoms with van der Waals surface area (Å²) in [7, 11) is 0. The smallest absolute Gasteiger partial charge is 0.0478 e. The Bertz CT molecular complexity index is 112. The zero-order chi connectivity index (χ0) is 9.23. The van der Waals surface area contributed by atoms with Crippen molar-refractivity contribution >= 4 is 0 Å². The van der Waals surface area contributed by atoms with Gasteiger partial charge < -0.3 is 10.1 Å². The van der Waals surface area contributed by atoms with Crippen LogP contribution in [0.25, 0.3) is 0 Å². The van der Waals surface area contributed by atoms with Gasteiger partial charge in [-0.1, -0.05) is 19.1 Å². The van der Waals surface area contributed by atoms with E-state index in [4.69, 9.17) is 4.74 Å². The highest BCUT2D eigenvalue weighted by molar-refractivity contribution is 4.90. The monoisotopic (exact) mass is 171 g/mol. The van der Waals surface area contributed by atoms with Crippen molar-refractivity contribution in [3.63, 3.8) is 0 Å². The predicted octanol–water partition coefficient (Wildman–Crippen LogP) is 1.97. The number of rotatable bonds is 8. The summed E-state index contributed by atoms with van der Waals surface area (Å²) >= 11 is 0. The summed E-state index contributed by atoms with van der Waals surface area (Å²) in [6.07, 6.45) is 2.20.